The highest BCUT2D eigenvalue weighted by Gasteiger charge is 2.65. The molecule has 3 saturated carbocycles. The van der Waals surface area contributed by atoms with Crippen LogP contribution < -0.4 is 10.0 Å². The van der Waals surface area contributed by atoms with Crippen LogP contribution in [-0.2, 0) is 10.0 Å². The quantitative estimate of drug-likeness (QED) is 0.678. The van der Waals surface area contributed by atoms with Crippen molar-refractivity contribution in [1.82, 2.24) is 10.0 Å². The molecule has 0 aromatic rings. The van der Waals surface area contributed by atoms with Gasteiger partial charge in [-0.2, -0.15) is 0 Å². The van der Waals surface area contributed by atoms with E-state index in [1.54, 1.807) is 0 Å². The third kappa shape index (κ3) is 2.32. The van der Waals surface area contributed by atoms with E-state index in [1.807, 2.05) is 0 Å². The molecule has 18 heavy (non-hydrogen) atoms. The van der Waals surface area contributed by atoms with E-state index in [-0.39, 0.29) is 11.8 Å². The SMILES string of the molecule is CCCNCCS(=O)(=O)NC1C2C3CCC(C3)C12. The van der Waals surface area contributed by atoms with Gasteiger partial charge in [-0.1, -0.05) is 6.92 Å². The van der Waals surface area contributed by atoms with Crippen LogP contribution in [0.4, 0.5) is 0 Å². The Balaban J connectivity index is 1.46. The molecule has 2 N–H and O–H groups in total. The summed E-state index contributed by atoms with van der Waals surface area (Å²) < 4.78 is 26.9. The highest BCUT2D eigenvalue weighted by atomic mass is 32.2. The first-order valence-electron chi connectivity index (χ1n) is 7.33. The van der Waals surface area contributed by atoms with E-state index in [2.05, 4.69) is 17.0 Å². The van der Waals surface area contributed by atoms with Crippen LogP contribution in [0.5, 0.6) is 0 Å². The number of hydrogen-bond donors (Lipinski definition) is 2. The van der Waals surface area contributed by atoms with Gasteiger partial charge in [0.15, 0.2) is 0 Å². The maximum Gasteiger partial charge on any atom is 0.213 e. The second-order valence-electron chi connectivity index (χ2n) is 6.20. The molecule has 5 heteroatoms. The van der Waals surface area contributed by atoms with Gasteiger partial charge >= 0.3 is 0 Å². The van der Waals surface area contributed by atoms with E-state index in [0.29, 0.717) is 18.4 Å². The van der Waals surface area contributed by atoms with Gasteiger partial charge in [-0.05, 0) is 55.9 Å². The smallest absolute Gasteiger partial charge is 0.213 e. The number of hydrogen-bond acceptors (Lipinski definition) is 3. The van der Waals surface area contributed by atoms with Crippen LogP contribution in [0.2, 0.25) is 0 Å². The van der Waals surface area contributed by atoms with Crippen LogP contribution in [0.15, 0.2) is 0 Å². The second kappa shape index (κ2) is 4.76. The van der Waals surface area contributed by atoms with E-state index in [4.69, 9.17) is 0 Å². The Bertz CT molecular complexity index is 393. The van der Waals surface area contributed by atoms with E-state index in [9.17, 15) is 8.42 Å². The monoisotopic (exact) mass is 272 g/mol. The molecule has 0 saturated heterocycles. The molecule has 0 aromatic carbocycles. The lowest BCUT2D eigenvalue weighted by Crippen LogP contribution is -2.35. The molecule has 4 atom stereocenters. The van der Waals surface area contributed by atoms with Gasteiger partial charge in [0.05, 0.1) is 5.75 Å². The summed E-state index contributed by atoms with van der Waals surface area (Å²) >= 11 is 0. The first kappa shape index (κ1) is 12.9. The van der Waals surface area contributed by atoms with E-state index in [0.717, 1.165) is 24.8 Å². The molecule has 0 heterocycles. The zero-order valence-corrected chi connectivity index (χ0v) is 11.9. The van der Waals surface area contributed by atoms with Gasteiger partial charge in [-0.3, -0.25) is 0 Å². The minimum Gasteiger partial charge on any atom is -0.316 e. The fraction of sp³-hybridized carbons (Fsp3) is 1.00. The summed E-state index contributed by atoms with van der Waals surface area (Å²) in [5, 5.41) is 3.15. The Morgan fingerprint density at radius 1 is 1.11 bits per heavy atom. The molecule has 3 fully saturated rings. The lowest BCUT2D eigenvalue weighted by atomic mass is 10.0. The number of sulfonamides is 1. The fourth-order valence-electron chi connectivity index (χ4n) is 4.26. The lowest BCUT2D eigenvalue weighted by Gasteiger charge is -2.11. The highest BCUT2D eigenvalue weighted by molar-refractivity contribution is 7.89. The Kier molecular flexibility index (Phi) is 3.41. The standard InChI is InChI=1S/C13H24N2O2S/c1-2-5-14-6-7-18(16,17)15-13-11-9-3-4-10(8-9)12(11)13/h9-15H,2-8H2,1H3. The van der Waals surface area contributed by atoms with Crippen LogP contribution in [0.3, 0.4) is 0 Å². The molecule has 3 rings (SSSR count). The van der Waals surface area contributed by atoms with Gasteiger partial charge in [0.1, 0.15) is 0 Å². The summed E-state index contributed by atoms with van der Waals surface area (Å²) in [4.78, 5) is 0. The molecule has 0 amide bonds. The van der Waals surface area contributed by atoms with Crippen molar-refractivity contribution in [3.05, 3.63) is 0 Å². The van der Waals surface area contributed by atoms with Gasteiger partial charge in [-0.25, -0.2) is 13.1 Å². The average molecular weight is 272 g/mol. The van der Waals surface area contributed by atoms with Crippen molar-refractivity contribution < 1.29 is 8.42 Å². The average Bonchev–Trinajstić information content (AvgIpc) is 2.75. The molecule has 0 spiro atoms. The molecule has 4 nitrogen and oxygen atoms in total. The summed E-state index contributed by atoms with van der Waals surface area (Å²) in [7, 11) is -3.07. The molecule has 3 aliphatic rings. The van der Waals surface area contributed by atoms with Gasteiger partial charge in [-0.15, -0.1) is 0 Å². The number of rotatable bonds is 7. The lowest BCUT2D eigenvalue weighted by molar-refractivity contribution is 0.456. The number of nitrogens with one attached hydrogen (secondary N) is 2. The normalized spacial score (nSPS) is 41.1. The molecular formula is C13H24N2O2S. The summed E-state index contributed by atoms with van der Waals surface area (Å²) in [6, 6.07) is 0.285. The van der Waals surface area contributed by atoms with Crippen LogP contribution in [0, 0.1) is 23.7 Å². The van der Waals surface area contributed by atoms with Gasteiger partial charge in [0, 0.05) is 12.6 Å². The van der Waals surface area contributed by atoms with Gasteiger partial charge < -0.3 is 5.32 Å². The third-order valence-corrected chi connectivity index (χ3v) is 6.40. The fourth-order valence-corrected chi connectivity index (χ4v) is 5.52. The molecule has 4 unspecified atom stereocenters. The summed E-state index contributed by atoms with van der Waals surface area (Å²) in [5.41, 5.74) is 0. The van der Waals surface area contributed by atoms with E-state index >= 15 is 0 Å². The first-order chi connectivity index (χ1) is 8.62. The summed E-state index contributed by atoms with van der Waals surface area (Å²) in [5.74, 6) is 3.24. The molecule has 0 radical (unpaired) electrons. The molecule has 2 bridgehead atoms. The predicted molar refractivity (Wildman–Crippen MR) is 71.7 cm³/mol. The minimum absolute atomic E-state index is 0.221. The van der Waals surface area contributed by atoms with Crippen molar-refractivity contribution in [1.29, 1.82) is 0 Å². The molecule has 3 aliphatic carbocycles. The Hall–Kier alpha value is -0.130. The predicted octanol–water partition coefficient (Wildman–Crippen LogP) is 0.950. The van der Waals surface area contributed by atoms with Crippen LogP contribution >= 0.6 is 0 Å². The third-order valence-electron chi connectivity index (χ3n) is 5.03. The Morgan fingerprint density at radius 2 is 1.78 bits per heavy atom. The van der Waals surface area contributed by atoms with Gasteiger partial charge in [0.25, 0.3) is 0 Å². The van der Waals surface area contributed by atoms with Crippen molar-refractivity contribution >= 4 is 10.0 Å². The molecule has 0 aliphatic heterocycles. The molecule has 0 aromatic heterocycles. The van der Waals surface area contributed by atoms with Gasteiger partial charge in [0.2, 0.25) is 10.0 Å². The second-order valence-corrected chi connectivity index (χ2v) is 8.07. The van der Waals surface area contributed by atoms with E-state index in [1.165, 1.54) is 19.3 Å². The van der Waals surface area contributed by atoms with Crippen molar-refractivity contribution in [2.24, 2.45) is 23.7 Å². The van der Waals surface area contributed by atoms with Crippen molar-refractivity contribution in [3.63, 3.8) is 0 Å². The van der Waals surface area contributed by atoms with Crippen molar-refractivity contribution in [3.8, 4) is 0 Å². The largest absolute Gasteiger partial charge is 0.316 e. The maximum atomic E-state index is 12.0. The zero-order valence-electron chi connectivity index (χ0n) is 11.1. The minimum atomic E-state index is -3.07. The maximum absolute atomic E-state index is 12.0. The highest BCUT2D eigenvalue weighted by Crippen LogP contribution is 2.65. The van der Waals surface area contributed by atoms with Crippen molar-refractivity contribution in [2.45, 2.75) is 38.6 Å². The first-order valence-corrected chi connectivity index (χ1v) is 8.98. The summed E-state index contributed by atoms with van der Waals surface area (Å²) in [6.45, 7) is 3.55. The van der Waals surface area contributed by atoms with Crippen LogP contribution in [0.25, 0.3) is 0 Å². The van der Waals surface area contributed by atoms with Crippen molar-refractivity contribution in [2.75, 3.05) is 18.8 Å². The van der Waals surface area contributed by atoms with Crippen LogP contribution in [-0.4, -0.2) is 33.3 Å². The molecule has 104 valence electrons. The molecular weight excluding hydrogens is 248 g/mol. The Morgan fingerprint density at radius 3 is 2.39 bits per heavy atom. The summed E-state index contributed by atoms with van der Waals surface area (Å²) in [6.07, 6.45) is 5.08. The van der Waals surface area contributed by atoms with Crippen LogP contribution in [0.1, 0.15) is 32.6 Å². The Labute approximate surface area is 110 Å². The van der Waals surface area contributed by atoms with E-state index < -0.39 is 10.0 Å². The number of fused-ring (bicyclic) bond motifs is 5. The topological polar surface area (TPSA) is 58.2 Å². The zero-order chi connectivity index (χ0) is 12.8.